The fourth-order valence-electron chi connectivity index (χ4n) is 3.42. The third-order valence-corrected chi connectivity index (χ3v) is 5.05. The molecule has 1 aromatic carbocycles. The summed E-state index contributed by atoms with van der Waals surface area (Å²) >= 11 is 0. The van der Waals surface area contributed by atoms with E-state index in [1.807, 2.05) is 31.2 Å². The van der Waals surface area contributed by atoms with Gasteiger partial charge in [-0.2, -0.15) is 5.10 Å². The number of nitrogens with one attached hydrogen (secondary N) is 1. The number of nitrogens with zero attached hydrogens (tertiary/aromatic N) is 2. The molecule has 2 aromatic rings. The molecular formula is C22H29N3O3. The zero-order valence-electron chi connectivity index (χ0n) is 16.5. The third-order valence-electron chi connectivity index (χ3n) is 5.05. The summed E-state index contributed by atoms with van der Waals surface area (Å²) in [6.45, 7) is 3.12. The Kier molecular flexibility index (Phi) is 7.37. The molecule has 0 saturated heterocycles. The summed E-state index contributed by atoms with van der Waals surface area (Å²) in [6, 6.07) is 10.5. The summed E-state index contributed by atoms with van der Waals surface area (Å²) in [5, 5.41) is 7.06. The Bertz CT molecular complexity index is 841. The van der Waals surface area contributed by atoms with Crippen molar-refractivity contribution in [1.29, 1.82) is 0 Å². The molecule has 0 atom stereocenters. The number of hydrogen-bond acceptors (Lipinski definition) is 4. The molecule has 1 saturated carbocycles. The van der Waals surface area contributed by atoms with Gasteiger partial charge in [-0.25, -0.2) is 4.68 Å². The molecule has 1 fully saturated rings. The van der Waals surface area contributed by atoms with Crippen molar-refractivity contribution in [3.8, 4) is 0 Å². The Labute approximate surface area is 165 Å². The zero-order valence-corrected chi connectivity index (χ0v) is 16.5. The van der Waals surface area contributed by atoms with Crippen LogP contribution < -0.4 is 10.9 Å². The highest BCUT2D eigenvalue weighted by Crippen LogP contribution is 2.22. The molecule has 150 valence electrons. The minimum atomic E-state index is -0.324. The molecule has 6 nitrogen and oxygen atoms in total. The van der Waals surface area contributed by atoms with E-state index in [9.17, 15) is 9.59 Å². The van der Waals surface area contributed by atoms with E-state index >= 15 is 0 Å². The van der Waals surface area contributed by atoms with Gasteiger partial charge in [-0.3, -0.25) is 9.59 Å². The highest BCUT2D eigenvalue weighted by molar-refractivity contribution is 6.02. The predicted molar refractivity (Wildman–Crippen MR) is 109 cm³/mol. The van der Waals surface area contributed by atoms with Gasteiger partial charge in [0, 0.05) is 18.3 Å². The fraction of sp³-hybridized carbons (Fsp3) is 0.500. The van der Waals surface area contributed by atoms with Gasteiger partial charge in [0.1, 0.15) is 5.69 Å². The fourth-order valence-corrected chi connectivity index (χ4v) is 3.42. The molecule has 6 heteroatoms. The van der Waals surface area contributed by atoms with E-state index in [-0.39, 0.29) is 17.2 Å². The summed E-state index contributed by atoms with van der Waals surface area (Å²) in [4.78, 5) is 24.4. The van der Waals surface area contributed by atoms with E-state index in [1.54, 1.807) is 0 Å². The summed E-state index contributed by atoms with van der Waals surface area (Å²) in [5.41, 5.74) is 1.78. The Morgan fingerprint density at radius 3 is 2.82 bits per heavy atom. The topological polar surface area (TPSA) is 73.2 Å². The third kappa shape index (κ3) is 5.76. The second-order valence-electron chi connectivity index (χ2n) is 7.36. The van der Waals surface area contributed by atoms with Crippen molar-refractivity contribution in [2.75, 3.05) is 5.32 Å². The monoisotopic (exact) mass is 383 g/mol. The molecule has 1 heterocycles. The second-order valence-corrected chi connectivity index (χ2v) is 7.36. The molecule has 1 amide bonds. The number of benzene rings is 1. The van der Waals surface area contributed by atoms with Crippen molar-refractivity contribution in [2.24, 2.45) is 0 Å². The summed E-state index contributed by atoms with van der Waals surface area (Å²) < 4.78 is 7.37. The van der Waals surface area contributed by atoms with E-state index < -0.39 is 0 Å². The number of unbranched alkanes of at least 4 members (excludes halogenated alkanes) is 1. The Morgan fingerprint density at radius 1 is 1.21 bits per heavy atom. The van der Waals surface area contributed by atoms with E-state index in [2.05, 4.69) is 10.4 Å². The molecule has 28 heavy (non-hydrogen) atoms. The smallest absolute Gasteiger partial charge is 0.276 e. The SMILES string of the molecule is CCCCn1nc(C(=O)Nc2cccc(COC3CCCCC3)c2)ccc1=O. The van der Waals surface area contributed by atoms with Crippen LogP contribution in [0.15, 0.2) is 41.2 Å². The molecule has 0 bridgehead atoms. The lowest BCUT2D eigenvalue weighted by atomic mass is 9.98. The molecule has 0 unspecified atom stereocenters. The van der Waals surface area contributed by atoms with Crippen molar-refractivity contribution in [3.05, 3.63) is 58.0 Å². The average molecular weight is 383 g/mol. The number of carbonyl (C=O) groups is 1. The van der Waals surface area contributed by atoms with E-state index in [0.717, 1.165) is 31.2 Å². The number of hydrogen-bond donors (Lipinski definition) is 1. The molecule has 1 N–H and O–H groups in total. The van der Waals surface area contributed by atoms with Crippen LogP contribution in [0.5, 0.6) is 0 Å². The summed E-state index contributed by atoms with van der Waals surface area (Å²) in [5.74, 6) is -0.324. The van der Waals surface area contributed by atoms with Crippen molar-refractivity contribution in [2.45, 2.75) is 71.1 Å². The number of ether oxygens (including phenoxy) is 1. The van der Waals surface area contributed by atoms with Crippen LogP contribution in [0, 0.1) is 0 Å². The maximum absolute atomic E-state index is 12.5. The molecule has 0 aliphatic heterocycles. The first-order valence-electron chi connectivity index (χ1n) is 10.3. The van der Waals surface area contributed by atoms with Crippen LogP contribution in [0.1, 0.15) is 67.9 Å². The van der Waals surface area contributed by atoms with Crippen molar-refractivity contribution >= 4 is 11.6 Å². The number of aromatic nitrogens is 2. The van der Waals surface area contributed by atoms with Gasteiger partial charge in [0.05, 0.1) is 12.7 Å². The molecule has 1 aliphatic carbocycles. The maximum Gasteiger partial charge on any atom is 0.276 e. The largest absolute Gasteiger partial charge is 0.374 e. The summed E-state index contributed by atoms with van der Waals surface area (Å²) in [6.07, 6.45) is 8.22. The van der Waals surface area contributed by atoms with Crippen molar-refractivity contribution < 1.29 is 9.53 Å². The lowest BCUT2D eigenvalue weighted by molar-refractivity contribution is 0.0169. The highest BCUT2D eigenvalue weighted by Gasteiger charge is 2.14. The van der Waals surface area contributed by atoms with Crippen LogP contribution in [-0.4, -0.2) is 21.8 Å². The van der Waals surface area contributed by atoms with Crippen molar-refractivity contribution in [1.82, 2.24) is 9.78 Å². The minimum absolute atomic E-state index is 0.188. The van der Waals surface area contributed by atoms with Gasteiger partial charge >= 0.3 is 0 Å². The highest BCUT2D eigenvalue weighted by atomic mass is 16.5. The molecule has 3 rings (SSSR count). The second kappa shape index (κ2) is 10.2. The summed E-state index contributed by atoms with van der Waals surface area (Å²) in [7, 11) is 0. The quantitative estimate of drug-likeness (QED) is 0.743. The Morgan fingerprint density at radius 2 is 2.04 bits per heavy atom. The number of anilines is 1. The lowest BCUT2D eigenvalue weighted by Gasteiger charge is -2.22. The number of rotatable bonds is 8. The van der Waals surface area contributed by atoms with Gasteiger partial charge in [0.2, 0.25) is 0 Å². The first-order valence-corrected chi connectivity index (χ1v) is 10.3. The average Bonchev–Trinajstić information content (AvgIpc) is 2.72. The van der Waals surface area contributed by atoms with Crippen LogP contribution in [0.2, 0.25) is 0 Å². The predicted octanol–water partition coefficient (Wildman–Crippen LogP) is 4.15. The molecule has 0 radical (unpaired) electrons. The van der Waals surface area contributed by atoms with Gasteiger partial charge < -0.3 is 10.1 Å². The van der Waals surface area contributed by atoms with Gasteiger partial charge in [0.25, 0.3) is 11.5 Å². The van der Waals surface area contributed by atoms with Gasteiger partial charge in [0.15, 0.2) is 0 Å². The minimum Gasteiger partial charge on any atom is -0.374 e. The molecule has 0 spiro atoms. The van der Waals surface area contributed by atoms with Gasteiger partial charge in [-0.15, -0.1) is 0 Å². The zero-order chi connectivity index (χ0) is 19.8. The van der Waals surface area contributed by atoms with Gasteiger partial charge in [-0.05, 0) is 43.0 Å². The van der Waals surface area contributed by atoms with Crippen LogP contribution in [-0.2, 0) is 17.9 Å². The first kappa shape index (κ1) is 20.3. The number of amides is 1. The van der Waals surface area contributed by atoms with Crippen LogP contribution in [0.3, 0.4) is 0 Å². The van der Waals surface area contributed by atoms with Gasteiger partial charge in [-0.1, -0.05) is 44.7 Å². The lowest BCUT2D eigenvalue weighted by Crippen LogP contribution is -2.26. The maximum atomic E-state index is 12.5. The van der Waals surface area contributed by atoms with Crippen molar-refractivity contribution in [3.63, 3.8) is 0 Å². The number of aryl methyl sites for hydroxylation is 1. The molecule has 1 aromatic heterocycles. The Balaban J connectivity index is 1.61. The number of carbonyl (C=O) groups excluding carboxylic acids is 1. The van der Waals surface area contributed by atoms with E-state index in [4.69, 9.17) is 4.74 Å². The van der Waals surface area contributed by atoms with Crippen LogP contribution in [0.4, 0.5) is 5.69 Å². The Hall–Kier alpha value is -2.47. The van der Waals surface area contributed by atoms with E-state index in [0.29, 0.717) is 24.9 Å². The van der Waals surface area contributed by atoms with E-state index in [1.165, 1.54) is 36.1 Å². The standard InChI is InChI=1S/C22H29N3O3/c1-2-3-14-25-21(26)13-12-20(24-25)22(27)23-18-9-7-8-17(15-18)16-28-19-10-5-4-6-11-19/h7-9,12-13,15,19H,2-6,10-11,14,16H2,1H3,(H,23,27). The van der Waals surface area contributed by atoms with Crippen LogP contribution in [0.25, 0.3) is 0 Å². The normalized spacial score (nSPS) is 14.8. The molecule has 1 aliphatic rings. The van der Waals surface area contributed by atoms with Crippen LogP contribution >= 0.6 is 0 Å². The first-order chi connectivity index (χ1) is 13.7. The molecular weight excluding hydrogens is 354 g/mol.